The smallest absolute Gasteiger partial charge is 0.156 e. The van der Waals surface area contributed by atoms with Gasteiger partial charge in [0.05, 0.1) is 0 Å². The van der Waals surface area contributed by atoms with Crippen LogP contribution in [0.15, 0.2) is 12.1 Å². The van der Waals surface area contributed by atoms with Crippen LogP contribution < -0.4 is 0 Å². The van der Waals surface area contributed by atoms with Gasteiger partial charge in [0, 0.05) is 17.0 Å². The van der Waals surface area contributed by atoms with Crippen molar-refractivity contribution >= 4 is 11.6 Å². The van der Waals surface area contributed by atoms with Crippen LogP contribution in [-0.4, -0.2) is 19.7 Å². The van der Waals surface area contributed by atoms with E-state index >= 15 is 0 Å². The Labute approximate surface area is 118 Å². The molecule has 0 unspecified atom stereocenters. The molecule has 0 amide bonds. The summed E-state index contributed by atoms with van der Waals surface area (Å²) in [7, 11) is 0. The molecule has 5 heteroatoms. The van der Waals surface area contributed by atoms with Crippen molar-refractivity contribution in [2.24, 2.45) is 0 Å². The summed E-state index contributed by atoms with van der Waals surface area (Å²) in [6.07, 6.45) is 0. The Kier molecular flexibility index (Phi) is 3.63. The predicted octanol–water partition coefficient (Wildman–Crippen LogP) is 3.32. The lowest BCUT2D eigenvalue weighted by molar-refractivity contribution is 0.564. The van der Waals surface area contributed by atoms with Crippen LogP contribution in [0.2, 0.25) is 0 Å². The molecule has 0 aliphatic carbocycles. The minimum Gasteiger partial charge on any atom is -0.233 e. The zero-order valence-electron chi connectivity index (χ0n) is 12.0. The Bertz CT molecular complexity index is 596. The van der Waals surface area contributed by atoms with E-state index in [1.165, 1.54) is 0 Å². The third-order valence-corrected chi connectivity index (χ3v) is 3.19. The van der Waals surface area contributed by atoms with E-state index in [9.17, 15) is 0 Å². The van der Waals surface area contributed by atoms with E-state index in [2.05, 4.69) is 36.9 Å². The lowest BCUT2D eigenvalue weighted by Gasteiger charge is -2.19. The maximum absolute atomic E-state index is 5.98. The van der Waals surface area contributed by atoms with Crippen molar-refractivity contribution < 1.29 is 0 Å². The van der Waals surface area contributed by atoms with E-state index < -0.39 is 0 Å². The molecule has 0 spiro atoms. The number of aromatic nitrogens is 4. The minimum atomic E-state index is -0.0274. The molecule has 2 aromatic heterocycles. The van der Waals surface area contributed by atoms with Crippen LogP contribution in [0.3, 0.4) is 0 Å². The first-order chi connectivity index (χ1) is 8.81. The first-order valence-electron chi connectivity index (χ1n) is 6.29. The summed E-state index contributed by atoms with van der Waals surface area (Å²) in [5.74, 6) is 2.82. The lowest BCUT2D eigenvalue weighted by Crippen LogP contribution is -2.16. The molecule has 4 nitrogen and oxygen atoms in total. The fourth-order valence-electron chi connectivity index (χ4n) is 1.88. The fraction of sp³-hybridized carbons (Fsp3) is 0.500. The topological polar surface area (TPSA) is 43.6 Å². The van der Waals surface area contributed by atoms with Gasteiger partial charge in [-0.1, -0.05) is 20.8 Å². The highest BCUT2D eigenvalue weighted by Gasteiger charge is 2.18. The highest BCUT2D eigenvalue weighted by atomic mass is 35.5. The predicted molar refractivity (Wildman–Crippen MR) is 76.9 cm³/mol. The van der Waals surface area contributed by atoms with Crippen molar-refractivity contribution in [2.45, 2.75) is 45.9 Å². The van der Waals surface area contributed by atoms with Gasteiger partial charge in [-0.05, 0) is 31.5 Å². The number of aryl methyl sites for hydroxylation is 2. The van der Waals surface area contributed by atoms with Gasteiger partial charge in [-0.25, -0.2) is 9.97 Å². The zero-order valence-corrected chi connectivity index (χ0v) is 12.8. The van der Waals surface area contributed by atoms with Gasteiger partial charge in [0.15, 0.2) is 5.82 Å². The highest BCUT2D eigenvalue weighted by molar-refractivity contribution is 6.17. The van der Waals surface area contributed by atoms with Crippen LogP contribution in [0.4, 0.5) is 0 Å². The standard InChI is InChI=1S/C14H19ClN4/c1-9-16-10(2)19(18-9)13-7-11(8-15)6-12(17-13)14(3,4)5/h6-7H,8H2,1-5H3. The third-order valence-electron chi connectivity index (χ3n) is 2.89. The Morgan fingerprint density at radius 1 is 1.16 bits per heavy atom. The second-order valence-corrected chi connectivity index (χ2v) is 5.99. The average Bonchev–Trinajstić information content (AvgIpc) is 2.66. The second-order valence-electron chi connectivity index (χ2n) is 5.72. The summed E-state index contributed by atoms with van der Waals surface area (Å²) >= 11 is 5.98. The summed E-state index contributed by atoms with van der Waals surface area (Å²) in [5.41, 5.74) is 2.03. The van der Waals surface area contributed by atoms with Crippen molar-refractivity contribution in [1.82, 2.24) is 19.7 Å². The molecule has 102 valence electrons. The first kappa shape index (κ1) is 14.0. The van der Waals surface area contributed by atoms with Crippen LogP contribution in [-0.2, 0) is 11.3 Å². The summed E-state index contributed by atoms with van der Waals surface area (Å²) < 4.78 is 1.76. The van der Waals surface area contributed by atoms with E-state index in [4.69, 9.17) is 16.6 Å². The van der Waals surface area contributed by atoms with Crippen LogP contribution in [0.1, 0.15) is 43.7 Å². The molecule has 0 aliphatic heterocycles. The minimum absolute atomic E-state index is 0.0274. The van der Waals surface area contributed by atoms with E-state index in [-0.39, 0.29) is 5.41 Å². The molecule has 19 heavy (non-hydrogen) atoms. The Morgan fingerprint density at radius 3 is 2.32 bits per heavy atom. The first-order valence-corrected chi connectivity index (χ1v) is 6.83. The van der Waals surface area contributed by atoms with Crippen molar-refractivity contribution in [1.29, 1.82) is 0 Å². The van der Waals surface area contributed by atoms with Gasteiger partial charge in [-0.2, -0.15) is 4.68 Å². The maximum atomic E-state index is 5.98. The molecule has 0 radical (unpaired) electrons. The van der Waals surface area contributed by atoms with Crippen molar-refractivity contribution in [3.05, 3.63) is 35.0 Å². The SMILES string of the molecule is Cc1nc(C)n(-c2cc(CCl)cc(C(C)(C)C)n2)n1. The van der Waals surface area contributed by atoms with Crippen molar-refractivity contribution in [2.75, 3.05) is 0 Å². The average molecular weight is 279 g/mol. The van der Waals surface area contributed by atoms with Crippen LogP contribution in [0.25, 0.3) is 5.82 Å². The van der Waals surface area contributed by atoms with Gasteiger partial charge in [0.25, 0.3) is 0 Å². The number of halogens is 1. The van der Waals surface area contributed by atoms with E-state index in [0.717, 1.165) is 28.7 Å². The highest BCUT2D eigenvalue weighted by Crippen LogP contribution is 2.23. The van der Waals surface area contributed by atoms with Gasteiger partial charge in [-0.15, -0.1) is 16.7 Å². The van der Waals surface area contributed by atoms with Crippen molar-refractivity contribution in [3.8, 4) is 5.82 Å². The number of hydrogen-bond donors (Lipinski definition) is 0. The monoisotopic (exact) mass is 278 g/mol. The number of hydrogen-bond acceptors (Lipinski definition) is 3. The normalized spacial score (nSPS) is 11.9. The molecular weight excluding hydrogens is 260 g/mol. The largest absolute Gasteiger partial charge is 0.233 e. The Morgan fingerprint density at radius 2 is 1.84 bits per heavy atom. The van der Waals surface area contributed by atoms with Gasteiger partial charge in [0.1, 0.15) is 11.6 Å². The number of pyridine rings is 1. The van der Waals surface area contributed by atoms with Gasteiger partial charge in [0.2, 0.25) is 0 Å². The van der Waals surface area contributed by atoms with E-state index in [1.807, 2.05) is 19.9 Å². The fourth-order valence-corrected chi connectivity index (χ4v) is 2.03. The summed E-state index contributed by atoms with van der Waals surface area (Å²) in [4.78, 5) is 9.01. The number of nitrogens with zero attached hydrogens (tertiary/aromatic N) is 4. The molecule has 2 aromatic rings. The van der Waals surface area contributed by atoms with Crippen LogP contribution >= 0.6 is 11.6 Å². The van der Waals surface area contributed by atoms with Gasteiger partial charge in [-0.3, -0.25) is 0 Å². The van der Waals surface area contributed by atoms with Crippen LogP contribution in [0.5, 0.6) is 0 Å². The number of rotatable bonds is 2. The molecule has 0 aromatic carbocycles. The molecule has 0 bridgehead atoms. The second kappa shape index (κ2) is 4.93. The molecule has 0 saturated heterocycles. The molecule has 2 rings (SSSR count). The molecule has 0 N–H and O–H groups in total. The Hall–Kier alpha value is -1.42. The Balaban J connectivity index is 2.60. The summed E-state index contributed by atoms with van der Waals surface area (Å²) in [6, 6.07) is 4.01. The molecule has 0 atom stereocenters. The molecule has 0 fully saturated rings. The van der Waals surface area contributed by atoms with Crippen molar-refractivity contribution in [3.63, 3.8) is 0 Å². The summed E-state index contributed by atoms with van der Waals surface area (Å²) in [6.45, 7) is 10.2. The van der Waals surface area contributed by atoms with Gasteiger partial charge < -0.3 is 0 Å². The molecule has 0 aliphatic rings. The lowest BCUT2D eigenvalue weighted by atomic mass is 9.91. The molecular formula is C14H19ClN4. The van der Waals surface area contributed by atoms with E-state index in [0.29, 0.717) is 5.88 Å². The maximum Gasteiger partial charge on any atom is 0.156 e. The van der Waals surface area contributed by atoms with Crippen LogP contribution in [0, 0.1) is 13.8 Å². The summed E-state index contributed by atoms with van der Waals surface area (Å²) in [5, 5.41) is 4.38. The third kappa shape index (κ3) is 2.95. The molecule has 2 heterocycles. The zero-order chi connectivity index (χ0) is 14.2. The quantitative estimate of drug-likeness (QED) is 0.792. The number of alkyl halides is 1. The molecule has 0 saturated carbocycles. The van der Waals surface area contributed by atoms with E-state index in [1.54, 1.807) is 4.68 Å². The van der Waals surface area contributed by atoms with Gasteiger partial charge >= 0.3 is 0 Å².